The molecule has 222 valence electrons. The average Bonchev–Trinajstić information content (AvgIpc) is 3.53. The van der Waals surface area contributed by atoms with Crippen LogP contribution in [0.5, 0.6) is 0 Å². The number of benzene rings is 4. The van der Waals surface area contributed by atoms with Crippen molar-refractivity contribution in [1.29, 1.82) is 0 Å². The van der Waals surface area contributed by atoms with E-state index in [2.05, 4.69) is 38.1 Å². The summed E-state index contributed by atoms with van der Waals surface area (Å²) in [6.07, 6.45) is 8.58. The van der Waals surface area contributed by atoms with E-state index in [4.69, 9.17) is 25.7 Å². The highest BCUT2D eigenvalue weighted by Crippen LogP contribution is 2.44. The van der Waals surface area contributed by atoms with E-state index in [-0.39, 0.29) is 5.92 Å². The van der Waals surface area contributed by atoms with E-state index < -0.39 is 5.60 Å². The van der Waals surface area contributed by atoms with Crippen LogP contribution in [0, 0.1) is 19.8 Å². The second-order valence-electron chi connectivity index (χ2n) is 12.0. The number of hydrogen-bond acceptors (Lipinski definition) is 4. The highest BCUT2D eigenvalue weighted by molar-refractivity contribution is 6.30. The lowest BCUT2D eigenvalue weighted by Gasteiger charge is -2.36. The van der Waals surface area contributed by atoms with E-state index in [1.165, 1.54) is 39.4 Å². The number of aromatic nitrogens is 1. The van der Waals surface area contributed by atoms with Crippen molar-refractivity contribution in [2.75, 3.05) is 6.61 Å². The molecule has 1 saturated carbocycles. The number of halogens is 1. The standard InChI is InChI=1S/C38H40ClNO3/c1-26-27(2)36(35(34-16-10-9-15-33(26)34)21-22-42-25-28-17-19-31(39)20-18-28)23-32-24-40-37(43-32)38(41,29-11-5-3-6-12-29)30-13-7-4-8-14-30/h3,5-6,9-12,15-20,24,30,41H,4,7-8,13-14,21-23,25H2,1-2H3. The van der Waals surface area contributed by atoms with Gasteiger partial charge < -0.3 is 14.3 Å². The van der Waals surface area contributed by atoms with Crippen LogP contribution in [0.15, 0.2) is 89.5 Å². The summed E-state index contributed by atoms with van der Waals surface area (Å²) in [4.78, 5) is 4.74. The van der Waals surface area contributed by atoms with Gasteiger partial charge in [0.15, 0.2) is 5.60 Å². The molecule has 6 rings (SSSR count). The van der Waals surface area contributed by atoms with Crippen LogP contribution in [0.4, 0.5) is 0 Å². The predicted molar refractivity (Wildman–Crippen MR) is 174 cm³/mol. The Kier molecular flexibility index (Phi) is 8.99. The highest BCUT2D eigenvalue weighted by atomic mass is 35.5. The summed E-state index contributed by atoms with van der Waals surface area (Å²) in [6.45, 7) is 5.54. The topological polar surface area (TPSA) is 55.5 Å². The Morgan fingerprint density at radius 3 is 2.30 bits per heavy atom. The maximum Gasteiger partial charge on any atom is 0.231 e. The Morgan fingerprint density at radius 1 is 0.860 bits per heavy atom. The van der Waals surface area contributed by atoms with E-state index >= 15 is 0 Å². The third-order valence-electron chi connectivity index (χ3n) is 9.35. The van der Waals surface area contributed by atoms with Crippen LogP contribution in [0.3, 0.4) is 0 Å². The molecule has 1 fully saturated rings. The van der Waals surface area contributed by atoms with Crippen molar-refractivity contribution < 1.29 is 14.3 Å². The van der Waals surface area contributed by atoms with Gasteiger partial charge in [-0.15, -0.1) is 0 Å². The fourth-order valence-electron chi connectivity index (χ4n) is 6.85. The van der Waals surface area contributed by atoms with Crippen LogP contribution < -0.4 is 0 Å². The SMILES string of the molecule is Cc1c(Cc2cnc(C(O)(c3ccccc3)C3CCCCC3)o2)c(CCOCc2ccc(Cl)cc2)c2ccccc2c1C. The van der Waals surface area contributed by atoms with Crippen LogP contribution in [0.2, 0.25) is 5.02 Å². The first-order chi connectivity index (χ1) is 20.9. The molecule has 1 heterocycles. The van der Waals surface area contributed by atoms with Crippen LogP contribution in [-0.4, -0.2) is 16.7 Å². The lowest BCUT2D eigenvalue weighted by molar-refractivity contribution is -0.0238. The van der Waals surface area contributed by atoms with Gasteiger partial charge >= 0.3 is 0 Å². The van der Waals surface area contributed by atoms with Crippen molar-refractivity contribution in [3.05, 3.63) is 135 Å². The minimum atomic E-state index is -1.24. The summed E-state index contributed by atoms with van der Waals surface area (Å²) in [7, 11) is 0. The Morgan fingerprint density at radius 2 is 1.56 bits per heavy atom. The van der Waals surface area contributed by atoms with Gasteiger partial charge in [-0.1, -0.05) is 97.6 Å². The lowest BCUT2D eigenvalue weighted by Crippen LogP contribution is -2.38. The minimum absolute atomic E-state index is 0.0770. The zero-order chi connectivity index (χ0) is 29.8. The molecular weight excluding hydrogens is 554 g/mol. The number of ether oxygens (including phenoxy) is 1. The number of hydrogen-bond donors (Lipinski definition) is 1. The third-order valence-corrected chi connectivity index (χ3v) is 9.61. The number of aryl methyl sites for hydroxylation is 1. The van der Waals surface area contributed by atoms with Gasteiger partial charge in [0.05, 0.1) is 19.4 Å². The molecule has 4 aromatic carbocycles. The molecule has 5 heteroatoms. The largest absolute Gasteiger partial charge is 0.442 e. The van der Waals surface area contributed by atoms with Gasteiger partial charge in [-0.3, -0.25) is 0 Å². The number of fused-ring (bicyclic) bond motifs is 1. The number of oxazole rings is 1. The molecule has 0 radical (unpaired) electrons. The average molecular weight is 594 g/mol. The summed E-state index contributed by atoms with van der Waals surface area (Å²) in [5.41, 5.74) is 5.77. The van der Waals surface area contributed by atoms with Crippen LogP contribution in [0.1, 0.15) is 77.1 Å². The Balaban J connectivity index is 1.31. The third kappa shape index (κ3) is 6.15. The second kappa shape index (κ2) is 13.1. The molecule has 0 aliphatic heterocycles. The summed E-state index contributed by atoms with van der Waals surface area (Å²) < 4.78 is 12.7. The van der Waals surface area contributed by atoms with Gasteiger partial charge in [0.25, 0.3) is 0 Å². The summed E-state index contributed by atoms with van der Waals surface area (Å²) in [5, 5.41) is 15.6. The van der Waals surface area contributed by atoms with Gasteiger partial charge in [0.1, 0.15) is 5.76 Å². The number of nitrogens with zero attached hydrogens (tertiary/aromatic N) is 1. The molecular formula is C38H40ClNO3. The molecule has 1 aromatic heterocycles. The first-order valence-electron chi connectivity index (χ1n) is 15.5. The van der Waals surface area contributed by atoms with Crippen molar-refractivity contribution in [2.24, 2.45) is 5.92 Å². The minimum Gasteiger partial charge on any atom is -0.442 e. The van der Waals surface area contributed by atoms with E-state index in [0.717, 1.165) is 54.0 Å². The first-order valence-corrected chi connectivity index (χ1v) is 15.9. The van der Waals surface area contributed by atoms with Crippen molar-refractivity contribution in [1.82, 2.24) is 4.98 Å². The molecule has 0 bridgehead atoms. The van der Waals surface area contributed by atoms with E-state index in [1.54, 1.807) is 0 Å². The molecule has 0 saturated heterocycles. The normalized spacial score (nSPS) is 15.5. The van der Waals surface area contributed by atoms with E-state index in [0.29, 0.717) is 25.5 Å². The van der Waals surface area contributed by atoms with Crippen LogP contribution in [0.25, 0.3) is 10.8 Å². The fraction of sp³-hybridized carbons (Fsp3) is 0.342. The molecule has 4 nitrogen and oxygen atoms in total. The second-order valence-corrected chi connectivity index (χ2v) is 12.4. The van der Waals surface area contributed by atoms with Gasteiger partial charge in [-0.25, -0.2) is 4.98 Å². The van der Waals surface area contributed by atoms with Gasteiger partial charge in [0.2, 0.25) is 5.89 Å². The fourth-order valence-corrected chi connectivity index (χ4v) is 6.97. The zero-order valence-electron chi connectivity index (χ0n) is 25.1. The van der Waals surface area contributed by atoms with Crippen molar-refractivity contribution in [3.63, 3.8) is 0 Å². The van der Waals surface area contributed by atoms with Crippen molar-refractivity contribution in [2.45, 2.75) is 71.0 Å². The van der Waals surface area contributed by atoms with Crippen LogP contribution >= 0.6 is 11.6 Å². The quantitative estimate of drug-likeness (QED) is 0.164. The van der Waals surface area contributed by atoms with E-state index in [1.807, 2.05) is 60.8 Å². The van der Waals surface area contributed by atoms with Gasteiger partial charge in [-0.2, -0.15) is 0 Å². The van der Waals surface area contributed by atoms with Crippen molar-refractivity contribution >= 4 is 22.4 Å². The molecule has 0 amide bonds. The predicted octanol–water partition coefficient (Wildman–Crippen LogP) is 9.26. The summed E-state index contributed by atoms with van der Waals surface area (Å²) in [5.74, 6) is 1.25. The van der Waals surface area contributed by atoms with Gasteiger partial charge in [-0.05, 0) is 89.4 Å². The Bertz CT molecular complexity index is 1670. The molecule has 43 heavy (non-hydrogen) atoms. The molecule has 5 aromatic rings. The first kappa shape index (κ1) is 29.6. The Labute approximate surface area is 259 Å². The molecule has 0 spiro atoms. The monoisotopic (exact) mass is 593 g/mol. The molecule has 1 N–H and O–H groups in total. The molecule has 1 atom stereocenters. The smallest absolute Gasteiger partial charge is 0.231 e. The number of rotatable bonds is 10. The number of aliphatic hydroxyl groups is 1. The summed E-state index contributed by atoms with van der Waals surface area (Å²) in [6, 6.07) is 26.4. The maximum absolute atomic E-state index is 12.3. The summed E-state index contributed by atoms with van der Waals surface area (Å²) >= 11 is 6.05. The van der Waals surface area contributed by atoms with Crippen LogP contribution in [-0.2, 0) is 29.8 Å². The Hall–Kier alpha value is -3.44. The molecule has 1 aliphatic rings. The highest BCUT2D eigenvalue weighted by Gasteiger charge is 2.44. The molecule has 1 aliphatic carbocycles. The lowest BCUT2D eigenvalue weighted by atomic mass is 9.73. The maximum atomic E-state index is 12.3. The van der Waals surface area contributed by atoms with Crippen molar-refractivity contribution in [3.8, 4) is 0 Å². The van der Waals surface area contributed by atoms with E-state index in [9.17, 15) is 5.11 Å². The zero-order valence-corrected chi connectivity index (χ0v) is 25.9. The molecule has 1 unspecified atom stereocenters. The van der Waals surface area contributed by atoms with Gasteiger partial charge in [0, 0.05) is 17.4 Å².